The Kier molecular flexibility index (Phi) is 6.08. The normalized spacial score (nSPS) is 19.0. The first-order valence-electron chi connectivity index (χ1n) is 10.4. The number of aromatic amines is 1. The van der Waals surface area contributed by atoms with Crippen molar-refractivity contribution in [2.24, 2.45) is 0 Å². The number of aromatic nitrogens is 2. The second kappa shape index (κ2) is 8.93. The minimum atomic E-state index is -0.0732. The molecule has 31 heavy (non-hydrogen) atoms. The summed E-state index contributed by atoms with van der Waals surface area (Å²) in [5.41, 5.74) is 4.65. The van der Waals surface area contributed by atoms with E-state index in [1.165, 1.54) is 11.3 Å². The van der Waals surface area contributed by atoms with Crippen LogP contribution in [0.3, 0.4) is 0 Å². The molecule has 0 saturated carbocycles. The van der Waals surface area contributed by atoms with Crippen molar-refractivity contribution in [2.45, 2.75) is 18.9 Å². The summed E-state index contributed by atoms with van der Waals surface area (Å²) in [6, 6.07) is 16.0. The molecule has 1 fully saturated rings. The van der Waals surface area contributed by atoms with Crippen molar-refractivity contribution in [2.75, 3.05) is 31.1 Å². The average Bonchev–Trinajstić information content (AvgIpc) is 3.30. The van der Waals surface area contributed by atoms with E-state index in [2.05, 4.69) is 31.9 Å². The summed E-state index contributed by atoms with van der Waals surface area (Å²) in [7, 11) is 0. The smallest absolute Gasteiger partial charge is 0.257 e. The van der Waals surface area contributed by atoms with Crippen molar-refractivity contribution in [3.8, 4) is 6.07 Å². The summed E-state index contributed by atoms with van der Waals surface area (Å²) in [4.78, 5) is 24.7. The van der Waals surface area contributed by atoms with Crippen molar-refractivity contribution in [3.05, 3.63) is 76.3 Å². The molecule has 2 aliphatic rings. The molecule has 158 valence electrons. The van der Waals surface area contributed by atoms with Crippen LogP contribution in [-0.2, 0) is 0 Å². The van der Waals surface area contributed by atoms with Crippen LogP contribution in [0.1, 0.15) is 24.1 Å². The van der Waals surface area contributed by atoms with Crippen LogP contribution in [-0.4, -0.2) is 47.1 Å². The van der Waals surface area contributed by atoms with Crippen molar-refractivity contribution in [1.82, 2.24) is 14.9 Å². The number of anilines is 1. The SMILES string of the molecule is Cl.N#Cc1ccc(N2CCN([C@H]3C=C(c4cc5ncccc5c(=O)[nH]4)CC3)CC2)cc1. The van der Waals surface area contributed by atoms with Crippen LogP contribution in [0, 0.1) is 11.3 Å². The maximum Gasteiger partial charge on any atom is 0.257 e. The van der Waals surface area contributed by atoms with Crippen LogP contribution in [0.4, 0.5) is 5.69 Å². The molecule has 1 N–H and O–H groups in total. The number of pyridine rings is 2. The molecule has 7 heteroatoms. The molecule has 0 spiro atoms. The Morgan fingerprint density at radius 3 is 2.61 bits per heavy atom. The fourth-order valence-electron chi connectivity index (χ4n) is 4.53. The van der Waals surface area contributed by atoms with Gasteiger partial charge in [0, 0.05) is 49.8 Å². The molecule has 3 heterocycles. The number of allylic oxidation sites excluding steroid dienone is 1. The summed E-state index contributed by atoms with van der Waals surface area (Å²) in [6.45, 7) is 3.96. The van der Waals surface area contributed by atoms with Gasteiger partial charge in [0.1, 0.15) is 0 Å². The lowest BCUT2D eigenvalue weighted by Crippen LogP contribution is -2.49. The van der Waals surface area contributed by atoms with E-state index in [0.717, 1.165) is 50.2 Å². The average molecular weight is 434 g/mol. The molecule has 5 rings (SSSR count). The number of H-pyrrole nitrogens is 1. The minimum absolute atomic E-state index is 0. The highest BCUT2D eigenvalue weighted by Crippen LogP contribution is 2.31. The Balaban J connectivity index is 0.00000231. The van der Waals surface area contributed by atoms with Gasteiger partial charge in [0.2, 0.25) is 0 Å². The summed E-state index contributed by atoms with van der Waals surface area (Å²) in [5.74, 6) is 0. The second-order valence-electron chi connectivity index (χ2n) is 7.93. The van der Waals surface area contributed by atoms with Crippen LogP contribution in [0.5, 0.6) is 0 Å². The minimum Gasteiger partial charge on any atom is -0.369 e. The van der Waals surface area contributed by atoms with E-state index >= 15 is 0 Å². The number of nitrogens with one attached hydrogen (secondary N) is 1. The molecule has 0 amide bonds. The number of benzene rings is 1. The lowest BCUT2D eigenvalue weighted by molar-refractivity contribution is 0.214. The quantitative estimate of drug-likeness (QED) is 0.683. The number of nitriles is 1. The van der Waals surface area contributed by atoms with Crippen LogP contribution in [0.2, 0.25) is 0 Å². The molecule has 1 aliphatic heterocycles. The van der Waals surface area contributed by atoms with E-state index in [4.69, 9.17) is 5.26 Å². The van der Waals surface area contributed by atoms with Gasteiger partial charge in [-0.25, -0.2) is 0 Å². The summed E-state index contributed by atoms with van der Waals surface area (Å²) < 4.78 is 0. The molecule has 1 aliphatic carbocycles. The largest absolute Gasteiger partial charge is 0.369 e. The second-order valence-corrected chi connectivity index (χ2v) is 7.93. The number of nitrogens with zero attached hydrogens (tertiary/aromatic N) is 4. The van der Waals surface area contributed by atoms with Crippen LogP contribution < -0.4 is 10.5 Å². The molecule has 1 aromatic carbocycles. The highest BCUT2D eigenvalue weighted by Gasteiger charge is 2.27. The predicted molar refractivity (Wildman–Crippen MR) is 126 cm³/mol. The molecule has 0 bridgehead atoms. The van der Waals surface area contributed by atoms with Gasteiger partial charge in [-0.2, -0.15) is 5.26 Å². The topological polar surface area (TPSA) is 76.0 Å². The van der Waals surface area contributed by atoms with Crippen molar-refractivity contribution in [3.63, 3.8) is 0 Å². The summed E-state index contributed by atoms with van der Waals surface area (Å²) >= 11 is 0. The maximum atomic E-state index is 12.4. The Labute approximate surface area is 187 Å². The molecule has 6 nitrogen and oxygen atoms in total. The van der Waals surface area contributed by atoms with E-state index in [1.807, 2.05) is 36.4 Å². The fourth-order valence-corrected chi connectivity index (χ4v) is 4.53. The molecular formula is C24H24ClN5O. The molecule has 0 unspecified atom stereocenters. The van der Waals surface area contributed by atoms with E-state index in [1.54, 1.807) is 12.3 Å². The van der Waals surface area contributed by atoms with E-state index < -0.39 is 0 Å². The molecule has 0 radical (unpaired) electrons. The highest BCUT2D eigenvalue weighted by atomic mass is 35.5. The number of halogens is 1. The molecule has 3 aromatic rings. The highest BCUT2D eigenvalue weighted by molar-refractivity contribution is 5.85. The van der Waals surface area contributed by atoms with E-state index in [0.29, 0.717) is 17.0 Å². The molecule has 1 saturated heterocycles. The zero-order valence-corrected chi connectivity index (χ0v) is 17.9. The van der Waals surface area contributed by atoms with Gasteiger partial charge < -0.3 is 9.88 Å². The molecule has 2 aromatic heterocycles. The first-order valence-corrected chi connectivity index (χ1v) is 10.4. The number of hydrogen-bond donors (Lipinski definition) is 1. The summed E-state index contributed by atoms with van der Waals surface area (Å²) in [5, 5.41) is 9.60. The third-order valence-electron chi connectivity index (χ3n) is 6.21. The first-order chi connectivity index (χ1) is 14.7. The third-order valence-corrected chi connectivity index (χ3v) is 6.21. The van der Waals surface area contributed by atoms with Gasteiger partial charge in [0.25, 0.3) is 5.56 Å². The van der Waals surface area contributed by atoms with Crippen LogP contribution in [0.15, 0.2) is 59.5 Å². The van der Waals surface area contributed by atoms with Crippen molar-refractivity contribution < 1.29 is 0 Å². The van der Waals surface area contributed by atoms with Gasteiger partial charge in [0.15, 0.2) is 0 Å². The zero-order valence-electron chi connectivity index (χ0n) is 17.1. The van der Waals surface area contributed by atoms with Gasteiger partial charge in [-0.05, 0) is 60.9 Å². The molecular weight excluding hydrogens is 410 g/mol. The van der Waals surface area contributed by atoms with Gasteiger partial charge in [-0.3, -0.25) is 14.7 Å². The van der Waals surface area contributed by atoms with Gasteiger partial charge >= 0.3 is 0 Å². The van der Waals surface area contributed by atoms with Gasteiger partial charge in [-0.1, -0.05) is 6.08 Å². The number of fused-ring (bicyclic) bond motifs is 1. The fraction of sp³-hybridized carbons (Fsp3) is 0.292. The summed E-state index contributed by atoms with van der Waals surface area (Å²) in [6.07, 6.45) is 6.09. The lowest BCUT2D eigenvalue weighted by Gasteiger charge is -2.38. The Morgan fingerprint density at radius 1 is 1.10 bits per heavy atom. The van der Waals surface area contributed by atoms with Crippen LogP contribution in [0.25, 0.3) is 16.5 Å². The molecule has 1 atom stereocenters. The number of piperazine rings is 1. The van der Waals surface area contributed by atoms with E-state index in [9.17, 15) is 4.79 Å². The zero-order chi connectivity index (χ0) is 20.5. The Hall–Kier alpha value is -3.14. The van der Waals surface area contributed by atoms with E-state index in [-0.39, 0.29) is 18.0 Å². The number of hydrogen-bond acceptors (Lipinski definition) is 5. The van der Waals surface area contributed by atoms with Gasteiger partial charge in [0.05, 0.1) is 22.5 Å². The Morgan fingerprint density at radius 2 is 1.87 bits per heavy atom. The Bertz CT molecular complexity index is 1200. The van der Waals surface area contributed by atoms with Crippen molar-refractivity contribution in [1.29, 1.82) is 5.26 Å². The lowest BCUT2D eigenvalue weighted by atomic mass is 10.1. The number of rotatable bonds is 3. The first kappa shape index (κ1) is 21.1. The predicted octanol–water partition coefficient (Wildman–Crippen LogP) is 3.58. The van der Waals surface area contributed by atoms with Gasteiger partial charge in [-0.15, -0.1) is 12.4 Å². The standard InChI is InChI=1S/C24H23N5O.ClH/c25-16-17-3-6-19(7-4-17)28-10-12-29(13-11-28)20-8-5-18(14-20)22-15-23-21(24(30)27-22)2-1-9-26-23;/h1-4,6-7,9,14-15,20H,5,8,10-13H2,(H,27,30);1H/t20-;/m1./s1. The monoisotopic (exact) mass is 433 g/mol. The van der Waals surface area contributed by atoms with Crippen molar-refractivity contribution >= 4 is 34.6 Å². The van der Waals surface area contributed by atoms with Crippen LogP contribution >= 0.6 is 12.4 Å². The maximum absolute atomic E-state index is 12.4. The third kappa shape index (κ3) is 4.20.